The molecule has 0 fully saturated rings. The fourth-order valence-corrected chi connectivity index (χ4v) is 1.47. The van der Waals surface area contributed by atoms with E-state index in [0.717, 1.165) is 9.99 Å². The molecule has 1 N–H and O–H groups in total. The van der Waals surface area contributed by atoms with E-state index in [9.17, 15) is 5.11 Å². The first-order chi connectivity index (χ1) is 5.77. The summed E-state index contributed by atoms with van der Waals surface area (Å²) in [5.74, 6) is 0.194. The molecule has 0 radical (unpaired) electrons. The fourth-order valence-electron chi connectivity index (χ4n) is 1.03. The summed E-state index contributed by atoms with van der Waals surface area (Å²) in [5.41, 5.74) is 0.733. The molecular formula is C8H5BrN2O. The summed E-state index contributed by atoms with van der Waals surface area (Å²) >= 11 is 3.26. The monoisotopic (exact) mass is 224 g/mol. The van der Waals surface area contributed by atoms with E-state index < -0.39 is 0 Å². The summed E-state index contributed by atoms with van der Waals surface area (Å²) in [6.45, 7) is 0. The van der Waals surface area contributed by atoms with E-state index in [2.05, 4.69) is 25.9 Å². The lowest BCUT2D eigenvalue weighted by atomic mass is 10.2. The molecule has 0 saturated heterocycles. The topological polar surface area (TPSA) is 46.0 Å². The van der Waals surface area contributed by atoms with Gasteiger partial charge in [-0.15, -0.1) is 0 Å². The van der Waals surface area contributed by atoms with Gasteiger partial charge in [0.25, 0.3) is 0 Å². The van der Waals surface area contributed by atoms with Gasteiger partial charge in [0.15, 0.2) is 0 Å². The zero-order chi connectivity index (χ0) is 8.55. The second kappa shape index (κ2) is 2.71. The molecule has 12 heavy (non-hydrogen) atoms. The van der Waals surface area contributed by atoms with Crippen LogP contribution in [0.2, 0.25) is 0 Å². The largest absolute Gasteiger partial charge is 0.507 e. The number of aromatic hydroxyl groups is 1. The Kier molecular flexibility index (Phi) is 1.69. The van der Waals surface area contributed by atoms with Crippen LogP contribution in [-0.2, 0) is 0 Å². The molecule has 3 nitrogen and oxygen atoms in total. The summed E-state index contributed by atoms with van der Waals surface area (Å²) in [4.78, 5) is 7.82. The number of phenols is 1. The highest BCUT2D eigenvalue weighted by Crippen LogP contribution is 2.26. The number of benzene rings is 1. The third kappa shape index (κ3) is 1.14. The maximum absolute atomic E-state index is 9.44. The van der Waals surface area contributed by atoms with Gasteiger partial charge in [-0.3, -0.25) is 0 Å². The van der Waals surface area contributed by atoms with Gasteiger partial charge in [-0.2, -0.15) is 0 Å². The lowest BCUT2D eigenvalue weighted by molar-refractivity contribution is 0.481. The van der Waals surface area contributed by atoms with E-state index in [1.807, 2.05) is 6.07 Å². The first kappa shape index (κ1) is 7.49. The standard InChI is InChI=1S/C8H5BrN2O/c9-5-1-7-6(8(12)2-5)3-10-4-11-7/h1-4,12H. The summed E-state index contributed by atoms with van der Waals surface area (Å²) < 4.78 is 0.811. The average Bonchev–Trinajstić information content (AvgIpc) is 2.04. The molecule has 1 aromatic carbocycles. The highest BCUT2D eigenvalue weighted by Gasteiger charge is 2.01. The van der Waals surface area contributed by atoms with Gasteiger partial charge in [0.1, 0.15) is 12.1 Å². The maximum Gasteiger partial charge on any atom is 0.127 e. The average molecular weight is 225 g/mol. The summed E-state index contributed by atoms with van der Waals surface area (Å²) in [6, 6.07) is 3.45. The maximum atomic E-state index is 9.44. The van der Waals surface area contributed by atoms with E-state index in [1.165, 1.54) is 6.33 Å². The van der Waals surface area contributed by atoms with Crippen LogP contribution in [0.25, 0.3) is 10.9 Å². The van der Waals surface area contributed by atoms with Crippen molar-refractivity contribution in [3.63, 3.8) is 0 Å². The first-order valence-electron chi connectivity index (χ1n) is 3.35. The minimum atomic E-state index is 0.194. The van der Waals surface area contributed by atoms with Crippen LogP contribution >= 0.6 is 15.9 Å². The van der Waals surface area contributed by atoms with Gasteiger partial charge in [-0.25, -0.2) is 9.97 Å². The molecular weight excluding hydrogens is 220 g/mol. The Labute approximate surface area is 77.2 Å². The Morgan fingerprint density at radius 1 is 1.33 bits per heavy atom. The van der Waals surface area contributed by atoms with Crippen molar-refractivity contribution < 1.29 is 5.11 Å². The van der Waals surface area contributed by atoms with E-state index in [0.29, 0.717) is 5.39 Å². The molecule has 60 valence electrons. The SMILES string of the molecule is Oc1cc(Br)cc2ncncc12. The third-order valence-corrected chi connectivity index (χ3v) is 2.03. The molecule has 0 unspecified atom stereocenters. The van der Waals surface area contributed by atoms with Gasteiger partial charge < -0.3 is 5.11 Å². The Morgan fingerprint density at radius 3 is 3.00 bits per heavy atom. The zero-order valence-corrected chi connectivity index (χ0v) is 7.62. The van der Waals surface area contributed by atoms with Crippen LogP contribution in [0.3, 0.4) is 0 Å². The van der Waals surface area contributed by atoms with E-state index in [4.69, 9.17) is 0 Å². The lowest BCUT2D eigenvalue weighted by Gasteiger charge is -1.99. The van der Waals surface area contributed by atoms with Crippen molar-refractivity contribution in [2.24, 2.45) is 0 Å². The van der Waals surface area contributed by atoms with Crippen molar-refractivity contribution in [1.29, 1.82) is 0 Å². The van der Waals surface area contributed by atoms with Crippen LogP contribution in [-0.4, -0.2) is 15.1 Å². The highest BCUT2D eigenvalue weighted by molar-refractivity contribution is 9.10. The molecule has 0 aliphatic carbocycles. The van der Waals surface area contributed by atoms with Gasteiger partial charge in [-0.05, 0) is 12.1 Å². The minimum Gasteiger partial charge on any atom is -0.507 e. The third-order valence-electron chi connectivity index (χ3n) is 1.57. The Bertz CT molecular complexity index is 430. The van der Waals surface area contributed by atoms with Crippen molar-refractivity contribution in [3.05, 3.63) is 29.1 Å². The first-order valence-corrected chi connectivity index (χ1v) is 4.15. The molecule has 0 spiro atoms. The molecule has 1 heterocycles. The van der Waals surface area contributed by atoms with Gasteiger partial charge >= 0.3 is 0 Å². The van der Waals surface area contributed by atoms with Gasteiger partial charge in [0.2, 0.25) is 0 Å². The van der Waals surface area contributed by atoms with Crippen molar-refractivity contribution in [1.82, 2.24) is 9.97 Å². The van der Waals surface area contributed by atoms with Crippen molar-refractivity contribution in [2.75, 3.05) is 0 Å². The van der Waals surface area contributed by atoms with Crippen LogP contribution in [0.5, 0.6) is 5.75 Å². The molecule has 0 amide bonds. The molecule has 0 bridgehead atoms. The second-order valence-electron chi connectivity index (χ2n) is 2.38. The molecule has 0 aliphatic rings. The normalized spacial score (nSPS) is 10.4. The Balaban J connectivity index is 2.89. The highest BCUT2D eigenvalue weighted by atomic mass is 79.9. The lowest BCUT2D eigenvalue weighted by Crippen LogP contribution is -1.81. The number of nitrogens with zero attached hydrogens (tertiary/aromatic N) is 2. The minimum absolute atomic E-state index is 0.194. The van der Waals surface area contributed by atoms with Gasteiger partial charge in [0, 0.05) is 10.7 Å². The zero-order valence-electron chi connectivity index (χ0n) is 6.03. The predicted molar refractivity (Wildman–Crippen MR) is 48.9 cm³/mol. The summed E-state index contributed by atoms with van der Waals surface area (Å²) in [7, 11) is 0. The Morgan fingerprint density at radius 2 is 2.17 bits per heavy atom. The number of phenolic OH excluding ortho intramolecular Hbond substituents is 1. The van der Waals surface area contributed by atoms with Crippen molar-refractivity contribution >= 4 is 26.8 Å². The molecule has 0 atom stereocenters. The molecule has 1 aromatic heterocycles. The van der Waals surface area contributed by atoms with Crippen LogP contribution < -0.4 is 0 Å². The smallest absolute Gasteiger partial charge is 0.127 e. The molecule has 4 heteroatoms. The van der Waals surface area contributed by atoms with Crippen molar-refractivity contribution in [2.45, 2.75) is 0 Å². The number of rotatable bonds is 0. The molecule has 2 aromatic rings. The second-order valence-corrected chi connectivity index (χ2v) is 3.30. The number of aromatic nitrogens is 2. The summed E-state index contributed by atoms with van der Waals surface area (Å²) in [5, 5.41) is 10.1. The fraction of sp³-hybridized carbons (Fsp3) is 0. The van der Waals surface area contributed by atoms with Crippen LogP contribution in [0.1, 0.15) is 0 Å². The van der Waals surface area contributed by atoms with Crippen LogP contribution in [0.4, 0.5) is 0 Å². The number of fused-ring (bicyclic) bond motifs is 1. The number of hydrogen-bond donors (Lipinski definition) is 1. The quantitative estimate of drug-likeness (QED) is 0.746. The number of halogens is 1. The molecule has 0 aliphatic heterocycles. The molecule has 0 saturated carbocycles. The summed E-state index contributed by atoms with van der Waals surface area (Å²) in [6.07, 6.45) is 3.04. The van der Waals surface area contributed by atoms with Crippen LogP contribution in [0.15, 0.2) is 29.1 Å². The predicted octanol–water partition coefficient (Wildman–Crippen LogP) is 2.10. The molecule has 2 rings (SSSR count). The van der Waals surface area contributed by atoms with E-state index in [1.54, 1.807) is 12.3 Å². The van der Waals surface area contributed by atoms with Gasteiger partial charge in [0.05, 0.1) is 10.9 Å². The van der Waals surface area contributed by atoms with Crippen LogP contribution in [0, 0.1) is 0 Å². The van der Waals surface area contributed by atoms with Crippen molar-refractivity contribution in [3.8, 4) is 5.75 Å². The Hall–Kier alpha value is -1.16. The van der Waals surface area contributed by atoms with Gasteiger partial charge in [-0.1, -0.05) is 15.9 Å². The van der Waals surface area contributed by atoms with E-state index in [-0.39, 0.29) is 5.75 Å². The number of hydrogen-bond acceptors (Lipinski definition) is 3. The van der Waals surface area contributed by atoms with E-state index >= 15 is 0 Å².